The topological polar surface area (TPSA) is 28.2 Å². The Balaban J connectivity index is 2.51. The fourth-order valence-corrected chi connectivity index (χ4v) is 2.28. The second-order valence-corrected chi connectivity index (χ2v) is 4.96. The highest BCUT2D eigenvalue weighted by Crippen LogP contribution is 2.36. The molecule has 0 saturated heterocycles. The summed E-state index contributed by atoms with van der Waals surface area (Å²) >= 11 is 0. The smallest absolute Gasteiger partial charge is 0.0826 e. The molecule has 0 radical (unpaired) electrons. The van der Waals surface area contributed by atoms with Crippen LogP contribution in [0.3, 0.4) is 0 Å². The molecule has 3 nitrogen and oxygen atoms in total. The van der Waals surface area contributed by atoms with Crippen molar-refractivity contribution in [3.63, 3.8) is 0 Å². The molecule has 1 aromatic heterocycles. The van der Waals surface area contributed by atoms with Crippen LogP contribution in [0.1, 0.15) is 39.3 Å². The average molecular weight is 219 g/mol. The van der Waals surface area contributed by atoms with Crippen LogP contribution in [0.25, 0.3) is 0 Å². The summed E-state index contributed by atoms with van der Waals surface area (Å²) in [7, 11) is 0. The van der Waals surface area contributed by atoms with Crippen LogP contribution in [0.2, 0.25) is 0 Å². The van der Waals surface area contributed by atoms with Crippen molar-refractivity contribution in [2.75, 3.05) is 23.3 Å². The number of rotatable bonds is 2. The van der Waals surface area contributed by atoms with Crippen LogP contribution in [0.4, 0.5) is 11.4 Å². The van der Waals surface area contributed by atoms with Gasteiger partial charge in [0.15, 0.2) is 0 Å². The third-order valence-electron chi connectivity index (χ3n) is 3.08. The predicted octanol–water partition coefficient (Wildman–Crippen LogP) is 2.85. The van der Waals surface area contributed by atoms with E-state index in [1.54, 1.807) is 0 Å². The highest BCUT2D eigenvalue weighted by molar-refractivity contribution is 5.74. The van der Waals surface area contributed by atoms with Crippen molar-refractivity contribution < 1.29 is 0 Å². The summed E-state index contributed by atoms with van der Waals surface area (Å²) in [6, 6.07) is 2.61. The molecule has 0 aromatic carbocycles. The van der Waals surface area contributed by atoms with E-state index in [1.165, 1.54) is 17.1 Å². The van der Waals surface area contributed by atoms with Gasteiger partial charge >= 0.3 is 0 Å². The number of anilines is 2. The lowest BCUT2D eigenvalue weighted by Crippen LogP contribution is -2.39. The molecule has 2 rings (SSSR count). The van der Waals surface area contributed by atoms with Crippen molar-refractivity contribution >= 4 is 11.4 Å². The maximum Gasteiger partial charge on any atom is 0.0826 e. The Morgan fingerprint density at radius 1 is 1.31 bits per heavy atom. The van der Waals surface area contributed by atoms with Gasteiger partial charge in [0.05, 0.1) is 17.1 Å². The van der Waals surface area contributed by atoms with Gasteiger partial charge in [-0.15, -0.1) is 0 Å². The van der Waals surface area contributed by atoms with Crippen LogP contribution in [0.5, 0.6) is 0 Å². The Bertz CT molecular complexity index is 371. The third kappa shape index (κ3) is 1.86. The zero-order valence-corrected chi connectivity index (χ0v) is 10.6. The van der Waals surface area contributed by atoms with Gasteiger partial charge in [0.1, 0.15) is 0 Å². The van der Waals surface area contributed by atoms with Crippen LogP contribution >= 0.6 is 0 Å². The molecule has 0 saturated carbocycles. The first-order chi connectivity index (χ1) is 7.61. The standard InChI is InChI=1S/C13H21N3/c1-9(2)12-13-11(5-6-15-12)14-7-8-16(13)10(3)4/h5-6,9-10,14H,7-8H2,1-4H3. The van der Waals surface area contributed by atoms with Crippen molar-refractivity contribution in [3.8, 4) is 0 Å². The van der Waals surface area contributed by atoms with E-state index < -0.39 is 0 Å². The van der Waals surface area contributed by atoms with Crippen molar-refractivity contribution in [2.24, 2.45) is 0 Å². The molecule has 1 aliphatic rings. The molecule has 1 aliphatic heterocycles. The van der Waals surface area contributed by atoms with Crippen molar-refractivity contribution in [3.05, 3.63) is 18.0 Å². The van der Waals surface area contributed by atoms with Crippen molar-refractivity contribution in [1.82, 2.24) is 4.98 Å². The molecule has 1 N–H and O–H groups in total. The summed E-state index contributed by atoms with van der Waals surface area (Å²) in [4.78, 5) is 7.00. The van der Waals surface area contributed by atoms with Gasteiger partial charge in [-0.1, -0.05) is 13.8 Å². The predicted molar refractivity (Wildman–Crippen MR) is 69.3 cm³/mol. The Morgan fingerprint density at radius 3 is 2.69 bits per heavy atom. The molecule has 1 aromatic rings. The molecule has 88 valence electrons. The van der Waals surface area contributed by atoms with Gasteiger partial charge in [0, 0.05) is 25.3 Å². The summed E-state index contributed by atoms with van der Waals surface area (Å²) in [5.74, 6) is 0.469. The van der Waals surface area contributed by atoms with E-state index in [-0.39, 0.29) is 0 Å². The second-order valence-electron chi connectivity index (χ2n) is 4.96. The minimum atomic E-state index is 0.469. The van der Waals surface area contributed by atoms with Gasteiger partial charge in [-0.25, -0.2) is 0 Å². The van der Waals surface area contributed by atoms with Crippen molar-refractivity contribution in [1.29, 1.82) is 0 Å². The normalized spacial score (nSPS) is 15.2. The molecule has 2 heterocycles. The number of fused-ring (bicyclic) bond motifs is 1. The molecule has 0 spiro atoms. The first-order valence-corrected chi connectivity index (χ1v) is 6.10. The quantitative estimate of drug-likeness (QED) is 0.829. The molecule has 16 heavy (non-hydrogen) atoms. The minimum absolute atomic E-state index is 0.469. The molecule has 0 atom stereocenters. The van der Waals surface area contributed by atoms with Gasteiger partial charge < -0.3 is 10.2 Å². The lowest BCUT2D eigenvalue weighted by atomic mass is 10.0. The minimum Gasteiger partial charge on any atom is -0.381 e. The monoisotopic (exact) mass is 219 g/mol. The highest BCUT2D eigenvalue weighted by Gasteiger charge is 2.23. The number of hydrogen-bond donors (Lipinski definition) is 1. The number of aromatic nitrogens is 1. The summed E-state index contributed by atoms with van der Waals surface area (Å²) in [6.45, 7) is 11.0. The third-order valence-corrected chi connectivity index (χ3v) is 3.08. The molecule has 3 heteroatoms. The van der Waals surface area contributed by atoms with E-state index in [2.05, 4.69) is 49.0 Å². The summed E-state index contributed by atoms with van der Waals surface area (Å²) in [6.07, 6.45) is 1.91. The SMILES string of the molecule is CC(C)c1nccc2c1N(C(C)C)CCN2. The van der Waals surface area contributed by atoms with E-state index in [0.29, 0.717) is 12.0 Å². The van der Waals surface area contributed by atoms with Crippen molar-refractivity contribution in [2.45, 2.75) is 39.7 Å². The molecule has 0 unspecified atom stereocenters. The Hall–Kier alpha value is -1.25. The summed E-state index contributed by atoms with van der Waals surface area (Å²) in [5, 5.41) is 3.46. The largest absolute Gasteiger partial charge is 0.381 e. The first kappa shape index (κ1) is 11.2. The van der Waals surface area contributed by atoms with E-state index in [9.17, 15) is 0 Å². The summed E-state index contributed by atoms with van der Waals surface area (Å²) < 4.78 is 0. The van der Waals surface area contributed by atoms with E-state index in [0.717, 1.165) is 13.1 Å². The zero-order valence-electron chi connectivity index (χ0n) is 10.6. The van der Waals surface area contributed by atoms with E-state index >= 15 is 0 Å². The van der Waals surface area contributed by atoms with Crippen LogP contribution < -0.4 is 10.2 Å². The molecule has 0 amide bonds. The Morgan fingerprint density at radius 2 is 2.06 bits per heavy atom. The molecule has 0 fully saturated rings. The van der Waals surface area contributed by atoms with Gasteiger partial charge in [-0.05, 0) is 25.8 Å². The fourth-order valence-electron chi connectivity index (χ4n) is 2.28. The lowest BCUT2D eigenvalue weighted by Gasteiger charge is -2.37. The van der Waals surface area contributed by atoms with Gasteiger partial charge in [0.25, 0.3) is 0 Å². The molecule has 0 bridgehead atoms. The molecule has 0 aliphatic carbocycles. The maximum absolute atomic E-state index is 4.54. The zero-order chi connectivity index (χ0) is 11.7. The van der Waals surface area contributed by atoms with E-state index in [4.69, 9.17) is 0 Å². The maximum atomic E-state index is 4.54. The van der Waals surface area contributed by atoms with Gasteiger partial charge in [-0.2, -0.15) is 0 Å². The van der Waals surface area contributed by atoms with Crippen LogP contribution in [0, 0.1) is 0 Å². The first-order valence-electron chi connectivity index (χ1n) is 6.10. The van der Waals surface area contributed by atoms with Crippen LogP contribution in [0.15, 0.2) is 12.3 Å². The van der Waals surface area contributed by atoms with Gasteiger partial charge in [-0.3, -0.25) is 4.98 Å². The lowest BCUT2D eigenvalue weighted by molar-refractivity contribution is 0.666. The fraction of sp³-hybridized carbons (Fsp3) is 0.615. The Labute approximate surface area is 97.9 Å². The van der Waals surface area contributed by atoms with Gasteiger partial charge in [0.2, 0.25) is 0 Å². The number of pyridine rings is 1. The molecular formula is C13H21N3. The van der Waals surface area contributed by atoms with Crippen LogP contribution in [-0.4, -0.2) is 24.1 Å². The Kier molecular flexibility index (Phi) is 3.03. The number of hydrogen-bond acceptors (Lipinski definition) is 3. The number of nitrogens with zero attached hydrogens (tertiary/aromatic N) is 2. The summed E-state index contributed by atoms with van der Waals surface area (Å²) in [5.41, 5.74) is 3.75. The molecular weight excluding hydrogens is 198 g/mol. The highest BCUT2D eigenvalue weighted by atomic mass is 15.2. The number of nitrogens with one attached hydrogen (secondary N) is 1. The van der Waals surface area contributed by atoms with E-state index in [1.807, 2.05) is 6.20 Å². The average Bonchev–Trinajstić information content (AvgIpc) is 2.27. The second kappa shape index (κ2) is 4.32. The van der Waals surface area contributed by atoms with Crippen LogP contribution in [-0.2, 0) is 0 Å².